The molecule has 0 saturated heterocycles. The minimum Gasteiger partial charge on any atom is -0.487 e. The highest BCUT2D eigenvalue weighted by atomic mass is 32.1. The molecule has 0 unspecified atom stereocenters. The number of urea groups is 1. The molecule has 8 heteroatoms. The fourth-order valence-electron chi connectivity index (χ4n) is 2.29. The molecule has 0 aliphatic carbocycles. The van der Waals surface area contributed by atoms with E-state index in [2.05, 4.69) is 15.6 Å². The number of amides is 2. The second-order valence-corrected chi connectivity index (χ2v) is 7.08. The smallest absolute Gasteiger partial charge is 0.319 e. The molecular weight excluding hydrogens is 352 g/mol. The topological polar surface area (TPSA) is 98.5 Å². The van der Waals surface area contributed by atoms with Gasteiger partial charge in [0, 0.05) is 17.8 Å². The van der Waals surface area contributed by atoms with Crippen LogP contribution in [0.3, 0.4) is 0 Å². The number of thiazole rings is 1. The standard InChI is InChI=1S/C18H26N4O3S/c1-5-12(6-2)21-18(23)22-13-7-8-14(15(9-13)24-11(3)4)25-16-10-20-17(19)26-16/h7-12H,5-6H2,1-4H3,(H2,19,20)(H2,21,22,23). The molecule has 2 aromatic rings. The van der Waals surface area contributed by atoms with Crippen molar-refractivity contribution in [3.05, 3.63) is 24.4 Å². The van der Waals surface area contributed by atoms with Crippen molar-refractivity contribution in [2.75, 3.05) is 11.1 Å². The Kier molecular flexibility index (Phi) is 7.08. The Bertz CT molecular complexity index is 729. The molecule has 0 aliphatic rings. The number of hydrogen-bond donors (Lipinski definition) is 3. The molecule has 2 amide bonds. The Hall–Kier alpha value is -2.48. The molecule has 7 nitrogen and oxygen atoms in total. The predicted octanol–water partition coefficient (Wildman–Crippen LogP) is 4.61. The molecule has 0 fully saturated rings. The molecule has 0 atom stereocenters. The SMILES string of the molecule is CCC(CC)NC(=O)Nc1ccc(Oc2cnc(N)s2)c(OC(C)C)c1. The van der Waals surface area contributed by atoms with Gasteiger partial charge in [0.25, 0.3) is 0 Å². The maximum Gasteiger partial charge on any atom is 0.319 e. The lowest BCUT2D eigenvalue weighted by Gasteiger charge is -2.17. The first-order chi connectivity index (χ1) is 12.4. The summed E-state index contributed by atoms with van der Waals surface area (Å²) >= 11 is 1.25. The Balaban J connectivity index is 2.14. The maximum absolute atomic E-state index is 12.1. The summed E-state index contributed by atoms with van der Waals surface area (Å²) in [5.74, 6) is 1.07. The van der Waals surface area contributed by atoms with Crippen LogP contribution in [-0.2, 0) is 0 Å². The number of rotatable bonds is 8. The van der Waals surface area contributed by atoms with Crippen molar-refractivity contribution >= 4 is 28.2 Å². The number of nitrogens with zero attached hydrogens (tertiary/aromatic N) is 1. The lowest BCUT2D eigenvalue weighted by molar-refractivity contribution is 0.234. The van der Waals surface area contributed by atoms with Gasteiger partial charge < -0.3 is 25.8 Å². The van der Waals surface area contributed by atoms with Crippen molar-refractivity contribution in [1.82, 2.24) is 10.3 Å². The minimum absolute atomic E-state index is 0.0440. The summed E-state index contributed by atoms with van der Waals surface area (Å²) in [5.41, 5.74) is 6.26. The zero-order chi connectivity index (χ0) is 19.1. The fraction of sp³-hybridized carbons (Fsp3) is 0.444. The van der Waals surface area contributed by atoms with E-state index < -0.39 is 0 Å². The highest BCUT2D eigenvalue weighted by molar-refractivity contribution is 7.17. The summed E-state index contributed by atoms with van der Waals surface area (Å²) in [7, 11) is 0. The van der Waals surface area contributed by atoms with Crippen LogP contribution in [0.2, 0.25) is 0 Å². The molecule has 0 bridgehead atoms. The third-order valence-electron chi connectivity index (χ3n) is 3.60. The van der Waals surface area contributed by atoms with Crippen molar-refractivity contribution in [3.8, 4) is 16.6 Å². The van der Waals surface area contributed by atoms with E-state index >= 15 is 0 Å². The Labute approximate surface area is 157 Å². The first-order valence-electron chi connectivity index (χ1n) is 8.68. The molecule has 0 saturated carbocycles. The zero-order valence-corrected chi connectivity index (χ0v) is 16.4. The molecule has 1 aromatic heterocycles. The largest absolute Gasteiger partial charge is 0.487 e. The third kappa shape index (κ3) is 5.80. The predicted molar refractivity (Wildman–Crippen MR) is 105 cm³/mol. The molecule has 0 aliphatic heterocycles. The van der Waals surface area contributed by atoms with Crippen molar-refractivity contribution in [3.63, 3.8) is 0 Å². The maximum atomic E-state index is 12.1. The van der Waals surface area contributed by atoms with Gasteiger partial charge in [0.05, 0.1) is 12.3 Å². The zero-order valence-electron chi connectivity index (χ0n) is 15.5. The summed E-state index contributed by atoms with van der Waals surface area (Å²) in [5, 5.41) is 6.78. The van der Waals surface area contributed by atoms with Gasteiger partial charge in [0.2, 0.25) is 5.06 Å². The van der Waals surface area contributed by atoms with Gasteiger partial charge in [-0.05, 0) is 38.8 Å². The van der Waals surface area contributed by atoms with Crippen molar-refractivity contribution in [2.24, 2.45) is 0 Å². The monoisotopic (exact) mass is 378 g/mol. The van der Waals surface area contributed by atoms with Gasteiger partial charge in [-0.2, -0.15) is 0 Å². The third-order valence-corrected chi connectivity index (χ3v) is 4.30. The van der Waals surface area contributed by atoms with Crippen molar-refractivity contribution in [2.45, 2.75) is 52.7 Å². The van der Waals surface area contributed by atoms with Gasteiger partial charge in [-0.1, -0.05) is 25.2 Å². The summed E-state index contributed by atoms with van der Waals surface area (Å²) < 4.78 is 11.6. The number of nitrogens with two attached hydrogens (primary N) is 1. The van der Waals surface area contributed by atoms with E-state index in [9.17, 15) is 4.79 Å². The highest BCUT2D eigenvalue weighted by Gasteiger charge is 2.13. The number of nitrogens with one attached hydrogen (secondary N) is 2. The molecule has 142 valence electrons. The van der Waals surface area contributed by atoms with Crippen LogP contribution in [0.1, 0.15) is 40.5 Å². The van der Waals surface area contributed by atoms with Gasteiger partial charge in [-0.15, -0.1) is 0 Å². The van der Waals surface area contributed by atoms with Crippen LogP contribution in [0, 0.1) is 0 Å². The van der Waals surface area contributed by atoms with Gasteiger partial charge in [-0.3, -0.25) is 0 Å². The van der Waals surface area contributed by atoms with Gasteiger partial charge in [0.1, 0.15) is 0 Å². The summed E-state index contributed by atoms with van der Waals surface area (Å²) in [6.45, 7) is 7.94. The van der Waals surface area contributed by atoms with Crippen LogP contribution >= 0.6 is 11.3 Å². The van der Waals surface area contributed by atoms with Gasteiger partial charge in [0.15, 0.2) is 16.6 Å². The average molecular weight is 378 g/mol. The molecule has 2 rings (SSSR count). The number of benzene rings is 1. The summed E-state index contributed by atoms with van der Waals surface area (Å²) in [4.78, 5) is 16.1. The number of nitrogen functional groups attached to an aromatic ring is 1. The fourth-order valence-corrected chi connectivity index (χ4v) is 2.84. The summed E-state index contributed by atoms with van der Waals surface area (Å²) in [6.07, 6.45) is 3.29. The van der Waals surface area contributed by atoms with Crippen LogP contribution < -0.4 is 25.8 Å². The van der Waals surface area contributed by atoms with E-state index in [1.54, 1.807) is 24.4 Å². The summed E-state index contributed by atoms with van der Waals surface area (Å²) in [6, 6.07) is 5.17. The number of carbonyl (C=O) groups excluding carboxylic acids is 1. The number of aromatic nitrogens is 1. The Morgan fingerprint density at radius 3 is 2.58 bits per heavy atom. The van der Waals surface area contributed by atoms with Crippen LogP contribution in [0.4, 0.5) is 15.6 Å². The van der Waals surface area contributed by atoms with Crippen molar-refractivity contribution < 1.29 is 14.3 Å². The van der Waals surface area contributed by atoms with Gasteiger partial charge >= 0.3 is 6.03 Å². The van der Waals surface area contributed by atoms with Crippen LogP contribution in [-0.4, -0.2) is 23.2 Å². The number of carbonyl (C=O) groups is 1. The molecule has 1 heterocycles. The van der Waals surface area contributed by atoms with Crippen molar-refractivity contribution in [1.29, 1.82) is 0 Å². The molecule has 0 radical (unpaired) electrons. The minimum atomic E-state index is -0.238. The van der Waals surface area contributed by atoms with E-state index in [-0.39, 0.29) is 18.2 Å². The second kappa shape index (κ2) is 9.28. The second-order valence-electron chi connectivity index (χ2n) is 6.06. The molecule has 1 aromatic carbocycles. The van der Waals surface area contributed by atoms with E-state index in [1.807, 2.05) is 27.7 Å². The quantitative estimate of drug-likeness (QED) is 0.623. The van der Waals surface area contributed by atoms with E-state index in [4.69, 9.17) is 15.2 Å². The lowest BCUT2D eigenvalue weighted by atomic mass is 10.2. The first kappa shape index (κ1) is 19.8. The van der Waals surface area contributed by atoms with E-state index in [0.717, 1.165) is 12.8 Å². The van der Waals surface area contributed by atoms with Gasteiger partial charge in [-0.25, -0.2) is 9.78 Å². The Morgan fingerprint density at radius 2 is 2.00 bits per heavy atom. The molecule has 26 heavy (non-hydrogen) atoms. The van der Waals surface area contributed by atoms with Crippen LogP contribution in [0.5, 0.6) is 16.6 Å². The number of ether oxygens (including phenoxy) is 2. The first-order valence-corrected chi connectivity index (χ1v) is 9.50. The molecule has 4 N–H and O–H groups in total. The lowest BCUT2D eigenvalue weighted by Crippen LogP contribution is -2.37. The van der Waals surface area contributed by atoms with E-state index in [0.29, 0.717) is 27.4 Å². The molecule has 0 spiro atoms. The highest BCUT2D eigenvalue weighted by Crippen LogP contribution is 2.37. The average Bonchev–Trinajstić information content (AvgIpc) is 2.99. The van der Waals surface area contributed by atoms with Crippen LogP contribution in [0.25, 0.3) is 0 Å². The van der Waals surface area contributed by atoms with Crippen LogP contribution in [0.15, 0.2) is 24.4 Å². The number of anilines is 2. The molecular formula is C18H26N4O3S. The Morgan fingerprint density at radius 1 is 1.27 bits per heavy atom. The van der Waals surface area contributed by atoms with E-state index in [1.165, 1.54) is 11.3 Å². The number of hydrogen-bond acceptors (Lipinski definition) is 6. The normalized spacial score (nSPS) is 10.8.